The highest BCUT2D eigenvalue weighted by Gasteiger charge is 2.44. The van der Waals surface area contributed by atoms with Crippen LogP contribution in [0.5, 0.6) is 5.75 Å². The quantitative estimate of drug-likeness (QED) is 0.847. The van der Waals surface area contributed by atoms with Gasteiger partial charge in [0.2, 0.25) is 0 Å². The van der Waals surface area contributed by atoms with Crippen molar-refractivity contribution in [3.63, 3.8) is 0 Å². The largest absolute Gasteiger partial charge is 0.490 e. The Kier molecular flexibility index (Phi) is 4.71. The van der Waals surface area contributed by atoms with Gasteiger partial charge in [-0.15, -0.1) is 0 Å². The number of aliphatic hydroxyl groups excluding tert-OH is 1. The maximum absolute atomic E-state index is 10.1. The van der Waals surface area contributed by atoms with Gasteiger partial charge in [0.15, 0.2) is 0 Å². The van der Waals surface area contributed by atoms with Crippen molar-refractivity contribution >= 4 is 0 Å². The van der Waals surface area contributed by atoms with Crippen LogP contribution in [0.15, 0.2) is 18.2 Å². The van der Waals surface area contributed by atoms with E-state index in [2.05, 4.69) is 5.32 Å². The highest BCUT2D eigenvalue weighted by molar-refractivity contribution is 5.39. The molecule has 0 bridgehead atoms. The lowest BCUT2D eigenvalue weighted by atomic mass is 9.77. The molecule has 1 saturated heterocycles. The average Bonchev–Trinajstić information content (AvgIpc) is 2.89. The van der Waals surface area contributed by atoms with Crippen LogP contribution >= 0.6 is 0 Å². The van der Waals surface area contributed by atoms with Crippen molar-refractivity contribution in [3.05, 3.63) is 29.3 Å². The summed E-state index contributed by atoms with van der Waals surface area (Å²) in [5.41, 5.74) is 2.38. The van der Waals surface area contributed by atoms with Crippen molar-refractivity contribution < 1.29 is 14.6 Å². The molecule has 0 amide bonds. The molecule has 1 aliphatic carbocycles. The molecule has 4 nitrogen and oxygen atoms in total. The van der Waals surface area contributed by atoms with E-state index in [4.69, 9.17) is 9.47 Å². The molecule has 2 atom stereocenters. The van der Waals surface area contributed by atoms with E-state index in [9.17, 15) is 5.11 Å². The number of para-hydroxylation sites is 1. The first-order chi connectivity index (χ1) is 10.6. The minimum absolute atomic E-state index is 0.164. The Bertz CT molecular complexity index is 493. The molecule has 1 spiro atoms. The first-order valence-electron chi connectivity index (χ1n) is 8.32. The third-order valence-electron chi connectivity index (χ3n) is 4.94. The summed E-state index contributed by atoms with van der Waals surface area (Å²) in [6.07, 6.45) is 4.26. The Labute approximate surface area is 132 Å². The molecule has 1 aliphatic heterocycles. The molecule has 1 saturated carbocycles. The van der Waals surface area contributed by atoms with Crippen LogP contribution in [0.1, 0.15) is 36.8 Å². The van der Waals surface area contributed by atoms with Gasteiger partial charge < -0.3 is 19.9 Å². The van der Waals surface area contributed by atoms with Gasteiger partial charge in [-0.25, -0.2) is 0 Å². The molecular weight excluding hydrogens is 278 g/mol. The zero-order valence-electron chi connectivity index (χ0n) is 13.6. The fraction of sp³-hybridized carbons (Fsp3) is 0.667. The predicted molar refractivity (Wildman–Crippen MR) is 86.4 cm³/mol. The highest BCUT2D eigenvalue weighted by atomic mass is 16.5. The van der Waals surface area contributed by atoms with E-state index in [0.717, 1.165) is 29.9 Å². The van der Waals surface area contributed by atoms with Gasteiger partial charge in [0.25, 0.3) is 0 Å². The normalized spacial score (nSPS) is 24.2. The number of ether oxygens (including phenoxy) is 2. The lowest BCUT2D eigenvalue weighted by molar-refractivity contribution is -0.0563. The summed E-state index contributed by atoms with van der Waals surface area (Å²) in [7, 11) is 0. The third-order valence-corrected chi connectivity index (χ3v) is 4.94. The molecule has 3 rings (SSSR count). The monoisotopic (exact) mass is 305 g/mol. The van der Waals surface area contributed by atoms with E-state index in [1.54, 1.807) is 0 Å². The summed E-state index contributed by atoms with van der Waals surface area (Å²) in [6.45, 7) is 5.69. The van der Waals surface area contributed by atoms with Crippen LogP contribution in [-0.4, -0.2) is 42.6 Å². The first kappa shape index (κ1) is 15.8. The second-order valence-electron chi connectivity index (χ2n) is 6.84. The van der Waals surface area contributed by atoms with E-state index in [1.165, 1.54) is 19.3 Å². The van der Waals surface area contributed by atoms with Crippen LogP contribution < -0.4 is 10.1 Å². The van der Waals surface area contributed by atoms with Gasteiger partial charge in [-0.2, -0.15) is 0 Å². The van der Waals surface area contributed by atoms with Crippen molar-refractivity contribution in [2.75, 3.05) is 19.8 Å². The van der Waals surface area contributed by atoms with E-state index < -0.39 is 6.10 Å². The molecule has 2 aliphatic rings. The lowest BCUT2D eigenvalue weighted by Crippen LogP contribution is -2.41. The molecule has 0 aromatic heterocycles. The Morgan fingerprint density at radius 2 is 2.09 bits per heavy atom. The van der Waals surface area contributed by atoms with Crippen LogP contribution in [0, 0.1) is 13.8 Å². The molecule has 122 valence electrons. The second kappa shape index (κ2) is 6.57. The van der Waals surface area contributed by atoms with Crippen LogP contribution in [0.2, 0.25) is 0 Å². The fourth-order valence-corrected chi connectivity index (χ4v) is 3.46. The van der Waals surface area contributed by atoms with Crippen molar-refractivity contribution in [1.29, 1.82) is 0 Å². The molecule has 2 N–H and O–H groups in total. The molecule has 0 radical (unpaired) electrons. The number of rotatable bonds is 6. The molecule has 2 fully saturated rings. The Hall–Kier alpha value is -1.10. The van der Waals surface area contributed by atoms with Crippen LogP contribution in [0.3, 0.4) is 0 Å². The van der Waals surface area contributed by atoms with Gasteiger partial charge in [-0.05, 0) is 50.7 Å². The van der Waals surface area contributed by atoms with Crippen molar-refractivity contribution in [2.24, 2.45) is 0 Å². The Morgan fingerprint density at radius 3 is 2.68 bits per heavy atom. The van der Waals surface area contributed by atoms with Gasteiger partial charge in [0.05, 0.1) is 12.2 Å². The van der Waals surface area contributed by atoms with Gasteiger partial charge in [-0.3, -0.25) is 0 Å². The van der Waals surface area contributed by atoms with Gasteiger partial charge in [0, 0.05) is 12.6 Å². The molecule has 4 heteroatoms. The molecule has 22 heavy (non-hydrogen) atoms. The molecule has 2 unspecified atom stereocenters. The SMILES string of the molecule is Cc1cccc(C)c1OCC(O)CNC1COC2(CCC2)C1. The topological polar surface area (TPSA) is 50.7 Å². The molecule has 1 heterocycles. The summed E-state index contributed by atoms with van der Waals surface area (Å²) in [6, 6.07) is 6.45. The smallest absolute Gasteiger partial charge is 0.125 e. The van der Waals surface area contributed by atoms with Crippen molar-refractivity contribution in [1.82, 2.24) is 5.32 Å². The van der Waals surface area contributed by atoms with E-state index >= 15 is 0 Å². The summed E-state index contributed by atoms with van der Waals surface area (Å²) >= 11 is 0. The molecule has 1 aromatic carbocycles. The number of aryl methyl sites for hydroxylation is 2. The van der Waals surface area contributed by atoms with E-state index in [-0.39, 0.29) is 5.60 Å². The maximum Gasteiger partial charge on any atom is 0.125 e. The minimum Gasteiger partial charge on any atom is -0.490 e. The standard InChI is InChI=1S/C18H27NO3/c1-13-5-3-6-14(2)17(13)21-12-16(20)10-19-15-9-18(22-11-15)7-4-8-18/h3,5-6,15-16,19-20H,4,7-12H2,1-2H3. The van der Waals surface area contributed by atoms with Gasteiger partial charge in [-0.1, -0.05) is 18.2 Å². The summed E-state index contributed by atoms with van der Waals surface area (Å²) in [5.74, 6) is 0.888. The molecular formula is C18H27NO3. The van der Waals surface area contributed by atoms with Crippen LogP contribution in [0.25, 0.3) is 0 Å². The van der Waals surface area contributed by atoms with E-state index in [0.29, 0.717) is 19.2 Å². The highest BCUT2D eigenvalue weighted by Crippen LogP contribution is 2.43. The summed E-state index contributed by atoms with van der Waals surface area (Å²) in [5, 5.41) is 13.5. The Balaban J connectivity index is 1.40. The van der Waals surface area contributed by atoms with Gasteiger partial charge >= 0.3 is 0 Å². The number of nitrogens with one attached hydrogen (secondary N) is 1. The zero-order valence-corrected chi connectivity index (χ0v) is 13.6. The van der Waals surface area contributed by atoms with E-state index in [1.807, 2.05) is 32.0 Å². The third kappa shape index (κ3) is 3.45. The van der Waals surface area contributed by atoms with Crippen molar-refractivity contribution in [2.45, 2.75) is 57.3 Å². The summed E-state index contributed by atoms with van der Waals surface area (Å²) < 4.78 is 11.7. The maximum atomic E-state index is 10.1. The second-order valence-corrected chi connectivity index (χ2v) is 6.84. The lowest BCUT2D eigenvalue weighted by Gasteiger charge is -2.37. The minimum atomic E-state index is -0.503. The Morgan fingerprint density at radius 1 is 1.36 bits per heavy atom. The number of hydrogen-bond donors (Lipinski definition) is 2. The van der Waals surface area contributed by atoms with Crippen LogP contribution in [-0.2, 0) is 4.74 Å². The zero-order chi connectivity index (χ0) is 15.6. The predicted octanol–water partition coefficient (Wildman–Crippen LogP) is 2.34. The van der Waals surface area contributed by atoms with Gasteiger partial charge in [0.1, 0.15) is 18.5 Å². The first-order valence-corrected chi connectivity index (χ1v) is 8.32. The molecule has 1 aromatic rings. The van der Waals surface area contributed by atoms with Crippen LogP contribution in [0.4, 0.5) is 0 Å². The fourth-order valence-electron chi connectivity index (χ4n) is 3.46. The number of hydrogen-bond acceptors (Lipinski definition) is 4. The number of benzene rings is 1. The van der Waals surface area contributed by atoms with Crippen molar-refractivity contribution in [3.8, 4) is 5.75 Å². The summed E-state index contributed by atoms with van der Waals surface area (Å²) in [4.78, 5) is 0. The average molecular weight is 305 g/mol. The number of aliphatic hydroxyl groups is 1.